The first-order valence-electron chi connectivity index (χ1n) is 7.84. The molecule has 0 aliphatic heterocycles. The molecule has 1 aromatic carbocycles. The second-order valence-corrected chi connectivity index (χ2v) is 7.60. The number of amides is 1. The summed E-state index contributed by atoms with van der Waals surface area (Å²) in [5.74, 6) is -1.85. The number of carbonyl (C=O) groups is 2. The van der Waals surface area contributed by atoms with Gasteiger partial charge in [-0.05, 0) is 36.8 Å². The fraction of sp³-hybridized carbons (Fsp3) is 0.294. The molecule has 1 unspecified atom stereocenters. The Bertz CT molecular complexity index is 890. The summed E-state index contributed by atoms with van der Waals surface area (Å²) in [7, 11) is -3.84. The van der Waals surface area contributed by atoms with E-state index in [4.69, 9.17) is 9.52 Å². The number of nitrogens with one attached hydrogen (secondary N) is 2. The van der Waals surface area contributed by atoms with Gasteiger partial charge in [0.1, 0.15) is 5.76 Å². The molecule has 9 heteroatoms. The fourth-order valence-electron chi connectivity index (χ4n) is 2.10. The van der Waals surface area contributed by atoms with Crippen LogP contribution >= 0.6 is 0 Å². The van der Waals surface area contributed by atoms with E-state index in [1.54, 1.807) is 19.1 Å². The Morgan fingerprint density at radius 1 is 1.27 bits per heavy atom. The number of aryl methyl sites for hydroxylation is 1. The molecule has 0 spiro atoms. The van der Waals surface area contributed by atoms with E-state index in [1.165, 1.54) is 31.4 Å². The van der Waals surface area contributed by atoms with Gasteiger partial charge in [-0.15, -0.1) is 0 Å². The van der Waals surface area contributed by atoms with Crippen LogP contribution in [0.2, 0.25) is 0 Å². The predicted molar refractivity (Wildman–Crippen MR) is 93.0 cm³/mol. The molecular weight excluding hydrogens is 360 g/mol. The Hall–Kier alpha value is -2.65. The van der Waals surface area contributed by atoms with Gasteiger partial charge in [-0.2, -0.15) is 0 Å². The number of benzene rings is 1. The summed E-state index contributed by atoms with van der Waals surface area (Å²) in [5.41, 5.74) is 0.749. The summed E-state index contributed by atoms with van der Waals surface area (Å²) < 4.78 is 32.3. The Kier molecular flexibility index (Phi) is 6.17. The Morgan fingerprint density at radius 2 is 2.00 bits per heavy atom. The second kappa shape index (κ2) is 8.15. The largest absolute Gasteiger partial charge is 0.481 e. The van der Waals surface area contributed by atoms with Crippen LogP contribution in [-0.2, 0) is 21.4 Å². The summed E-state index contributed by atoms with van der Waals surface area (Å²) >= 11 is 0. The van der Waals surface area contributed by atoms with Gasteiger partial charge >= 0.3 is 5.97 Å². The standard InChI is InChI=1S/C17H20N2O6S/c1-11-5-6-14(26(23,24)19-10-13-4-3-7-25-13)8-15(11)16(20)18-9-12(2)17(21)22/h3-8,12,19H,9-10H2,1-2H3,(H,18,20)(H,21,22). The highest BCUT2D eigenvalue weighted by atomic mass is 32.2. The van der Waals surface area contributed by atoms with E-state index in [0.717, 1.165) is 0 Å². The molecule has 2 aromatic rings. The molecule has 1 amide bonds. The molecule has 0 aliphatic carbocycles. The van der Waals surface area contributed by atoms with Crippen molar-refractivity contribution in [2.75, 3.05) is 6.54 Å². The van der Waals surface area contributed by atoms with Gasteiger partial charge in [-0.1, -0.05) is 13.0 Å². The van der Waals surface area contributed by atoms with Crippen LogP contribution in [0.5, 0.6) is 0 Å². The molecule has 0 bridgehead atoms. The minimum atomic E-state index is -3.84. The topological polar surface area (TPSA) is 126 Å². The molecule has 26 heavy (non-hydrogen) atoms. The van der Waals surface area contributed by atoms with E-state index in [2.05, 4.69) is 10.0 Å². The molecule has 140 valence electrons. The van der Waals surface area contributed by atoms with E-state index < -0.39 is 27.8 Å². The molecular formula is C17H20N2O6S. The Labute approximate surface area is 151 Å². The molecule has 0 fully saturated rings. The normalized spacial score (nSPS) is 12.5. The van der Waals surface area contributed by atoms with E-state index in [0.29, 0.717) is 11.3 Å². The van der Waals surface area contributed by atoms with Crippen molar-refractivity contribution in [1.29, 1.82) is 0 Å². The molecule has 0 saturated carbocycles. The number of furan rings is 1. The smallest absolute Gasteiger partial charge is 0.308 e. The van der Waals surface area contributed by atoms with Gasteiger partial charge in [0, 0.05) is 12.1 Å². The molecule has 1 aromatic heterocycles. The maximum atomic E-state index is 12.4. The predicted octanol–water partition coefficient (Wildman–Crippen LogP) is 1.52. The minimum absolute atomic E-state index is 0.0130. The summed E-state index contributed by atoms with van der Waals surface area (Å²) in [4.78, 5) is 23.0. The maximum Gasteiger partial charge on any atom is 0.308 e. The van der Waals surface area contributed by atoms with Crippen LogP contribution in [0.15, 0.2) is 45.9 Å². The number of sulfonamides is 1. The zero-order valence-corrected chi connectivity index (χ0v) is 15.2. The van der Waals surface area contributed by atoms with Gasteiger partial charge in [0.15, 0.2) is 0 Å². The lowest BCUT2D eigenvalue weighted by Gasteiger charge is -2.12. The Balaban J connectivity index is 2.14. The molecule has 0 aliphatic rings. The summed E-state index contributed by atoms with van der Waals surface area (Å²) in [6, 6.07) is 7.48. The van der Waals surface area contributed by atoms with Crippen molar-refractivity contribution < 1.29 is 27.5 Å². The number of aliphatic carboxylic acids is 1. The van der Waals surface area contributed by atoms with E-state index >= 15 is 0 Å². The average molecular weight is 380 g/mol. The van der Waals surface area contributed by atoms with Crippen LogP contribution in [0.1, 0.15) is 28.6 Å². The minimum Gasteiger partial charge on any atom is -0.481 e. The maximum absolute atomic E-state index is 12.4. The first-order chi connectivity index (χ1) is 12.2. The number of carbonyl (C=O) groups excluding carboxylic acids is 1. The first-order valence-corrected chi connectivity index (χ1v) is 9.32. The van der Waals surface area contributed by atoms with Gasteiger partial charge in [0.2, 0.25) is 10.0 Å². The highest BCUT2D eigenvalue weighted by Gasteiger charge is 2.19. The highest BCUT2D eigenvalue weighted by Crippen LogP contribution is 2.16. The van der Waals surface area contributed by atoms with E-state index in [9.17, 15) is 18.0 Å². The van der Waals surface area contributed by atoms with Crippen LogP contribution in [0.4, 0.5) is 0 Å². The number of hydrogen-bond donors (Lipinski definition) is 3. The van der Waals surface area contributed by atoms with Crippen molar-refractivity contribution in [3.63, 3.8) is 0 Å². The highest BCUT2D eigenvalue weighted by molar-refractivity contribution is 7.89. The number of rotatable bonds is 8. The van der Waals surface area contributed by atoms with Crippen LogP contribution < -0.4 is 10.0 Å². The van der Waals surface area contributed by atoms with Gasteiger partial charge < -0.3 is 14.8 Å². The van der Waals surface area contributed by atoms with E-state index in [1.807, 2.05) is 0 Å². The third kappa shape index (κ3) is 4.93. The molecule has 3 N–H and O–H groups in total. The average Bonchev–Trinajstić information content (AvgIpc) is 3.11. The quantitative estimate of drug-likeness (QED) is 0.637. The lowest BCUT2D eigenvalue weighted by Crippen LogP contribution is -2.32. The number of carboxylic acid groups (broad SMARTS) is 1. The second-order valence-electron chi connectivity index (χ2n) is 5.83. The Morgan fingerprint density at radius 3 is 2.62 bits per heavy atom. The number of carboxylic acids is 1. The van der Waals surface area contributed by atoms with Crippen LogP contribution in [0.3, 0.4) is 0 Å². The van der Waals surface area contributed by atoms with Crippen molar-refractivity contribution in [2.24, 2.45) is 5.92 Å². The third-order valence-corrected chi connectivity index (χ3v) is 5.17. The molecule has 1 heterocycles. The van der Waals surface area contributed by atoms with E-state index in [-0.39, 0.29) is 23.5 Å². The van der Waals surface area contributed by atoms with Crippen LogP contribution in [-0.4, -0.2) is 31.9 Å². The van der Waals surface area contributed by atoms with Crippen molar-refractivity contribution in [2.45, 2.75) is 25.3 Å². The monoisotopic (exact) mass is 380 g/mol. The summed E-state index contributed by atoms with van der Waals surface area (Å²) in [6.07, 6.45) is 1.44. The van der Waals surface area contributed by atoms with Crippen LogP contribution in [0.25, 0.3) is 0 Å². The molecule has 8 nitrogen and oxygen atoms in total. The summed E-state index contributed by atoms with van der Waals surface area (Å²) in [5, 5.41) is 11.4. The first kappa shape index (κ1) is 19.7. The SMILES string of the molecule is Cc1ccc(S(=O)(=O)NCc2ccco2)cc1C(=O)NCC(C)C(=O)O. The molecule has 0 saturated heterocycles. The molecule has 2 rings (SSSR count). The third-order valence-electron chi connectivity index (χ3n) is 3.77. The number of hydrogen-bond acceptors (Lipinski definition) is 5. The van der Waals surface area contributed by atoms with Gasteiger partial charge in [-0.3, -0.25) is 9.59 Å². The zero-order valence-electron chi connectivity index (χ0n) is 14.4. The fourth-order valence-corrected chi connectivity index (χ4v) is 3.12. The van der Waals surface area contributed by atoms with Crippen LogP contribution in [0, 0.1) is 12.8 Å². The lowest BCUT2D eigenvalue weighted by molar-refractivity contribution is -0.140. The van der Waals surface area contributed by atoms with Crippen molar-refractivity contribution in [3.8, 4) is 0 Å². The zero-order chi connectivity index (χ0) is 19.3. The lowest BCUT2D eigenvalue weighted by atomic mass is 10.1. The van der Waals surface area contributed by atoms with Gasteiger partial charge in [0.25, 0.3) is 5.91 Å². The van der Waals surface area contributed by atoms with Crippen molar-refractivity contribution >= 4 is 21.9 Å². The van der Waals surface area contributed by atoms with Gasteiger partial charge in [0.05, 0.1) is 23.6 Å². The molecule has 0 radical (unpaired) electrons. The molecule has 1 atom stereocenters. The van der Waals surface area contributed by atoms with Gasteiger partial charge in [-0.25, -0.2) is 13.1 Å². The van der Waals surface area contributed by atoms with Crippen molar-refractivity contribution in [3.05, 3.63) is 53.5 Å². The van der Waals surface area contributed by atoms with Crippen molar-refractivity contribution in [1.82, 2.24) is 10.0 Å². The summed E-state index contributed by atoms with van der Waals surface area (Å²) in [6.45, 7) is 3.07.